The van der Waals surface area contributed by atoms with Crippen molar-refractivity contribution in [1.82, 2.24) is 20.3 Å². The maximum Gasteiger partial charge on any atom is 0.391 e. The molecule has 0 atom stereocenters. The number of aromatic nitrogens is 1. The number of hydrazine groups is 1. The number of hydrogen-bond donors (Lipinski definition) is 2. The van der Waals surface area contributed by atoms with Gasteiger partial charge in [0.05, 0.1) is 11.5 Å². The molecule has 0 spiro atoms. The lowest BCUT2D eigenvalue weighted by Crippen LogP contribution is -2.42. The molecule has 0 radical (unpaired) electrons. The minimum absolute atomic E-state index is 0.0460. The van der Waals surface area contributed by atoms with Crippen LogP contribution < -0.4 is 10.7 Å². The number of likely N-dealkylation sites (tertiary alicyclic amines) is 1. The number of piperidine rings is 1. The van der Waals surface area contributed by atoms with Gasteiger partial charge in [0.2, 0.25) is 0 Å². The quantitative estimate of drug-likeness (QED) is 0.808. The van der Waals surface area contributed by atoms with Gasteiger partial charge in [0.15, 0.2) is 5.82 Å². The average Bonchev–Trinajstić information content (AvgIpc) is 3.11. The molecule has 0 bridgehead atoms. The molecular formula is C18H19F3N6O. The smallest absolute Gasteiger partial charge is 0.356 e. The van der Waals surface area contributed by atoms with Crippen LogP contribution in [0.3, 0.4) is 0 Å². The molecule has 1 aromatic heterocycles. The van der Waals surface area contributed by atoms with E-state index in [1.165, 1.54) is 0 Å². The van der Waals surface area contributed by atoms with Crippen molar-refractivity contribution in [2.75, 3.05) is 25.0 Å². The second-order valence-corrected chi connectivity index (χ2v) is 6.76. The van der Waals surface area contributed by atoms with Crippen LogP contribution in [0.5, 0.6) is 0 Å². The van der Waals surface area contributed by atoms with E-state index < -0.39 is 12.1 Å². The standard InChI is InChI=1S/C18H19F3N6O/c19-18(20,21)12-4-8-26(9-5-12)15-6-10-27-16(25-15)13(11-23-27)17(28)24-14-3-1-2-7-22-14/h1-3,6-7,10,12,23H,4-5,8-9,11H2,(H,22,24,28). The second kappa shape index (κ2) is 7.27. The highest BCUT2D eigenvalue weighted by Crippen LogP contribution is 2.34. The van der Waals surface area contributed by atoms with Gasteiger partial charge >= 0.3 is 6.18 Å². The minimum atomic E-state index is -4.15. The Bertz CT molecular complexity index is 841. The van der Waals surface area contributed by atoms with E-state index in [1.807, 2.05) is 4.90 Å². The lowest BCUT2D eigenvalue weighted by atomic mass is 9.96. The normalized spacial score (nSPS) is 20.3. The van der Waals surface area contributed by atoms with Gasteiger partial charge in [0.25, 0.3) is 5.91 Å². The van der Waals surface area contributed by atoms with E-state index in [2.05, 4.69) is 20.7 Å². The van der Waals surface area contributed by atoms with Gasteiger partial charge < -0.3 is 10.2 Å². The Hall–Kier alpha value is -2.88. The first-order chi connectivity index (χ1) is 13.4. The Morgan fingerprint density at radius 1 is 1.25 bits per heavy atom. The van der Waals surface area contributed by atoms with E-state index in [9.17, 15) is 18.0 Å². The number of pyridine rings is 1. The van der Waals surface area contributed by atoms with Crippen LogP contribution >= 0.6 is 0 Å². The van der Waals surface area contributed by atoms with Gasteiger partial charge in [-0.05, 0) is 31.1 Å². The van der Waals surface area contributed by atoms with Crippen molar-refractivity contribution in [3.05, 3.63) is 48.1 Å². The van der Waals surface area contributed by atoms with Gasteiger partial charge in [-0.2, -0.15) is 13.2 Å². The Morgan fingerprint density at radius 2 is 2.04 bits per heavy atom. The van der Waals surface area contributed by atoms with Crippen molar-refractivity contribution in [2.45, 2.75) is 19.0 Å². The van der Waals surface area contributed by atoms with Crippen molar-refractivity contribution in [1.29, 1.82) is 0 Å². The Labute approximate surface area is 159 Å². The minimum Gasteiger partial charge on any atom is -0.356 e. The summed E-state index contributed by atoms with van der Waals surface area (Å²) < 4.78 is 38.6. The van der Waals surface area contributed by atoms with Crippen LogP contribution in [0.15, 0.2) is 53.1 Å². The zero-order chi connectivity index (χ0) is 19.7. The van der Waals surface area contributed by atoms with Crippen LogP contribution in [-0.4, -0.2) is 52.4 Å². The summed E-state index contributed by atoms with van der Waals surface area (Å²) in [6, 6.07) is 5.20. The first-order valence-electron chi connectivity index (χ1n) is 8.98. The number of hydrogen-bond acceptors (Lipinski definition) is 6. The summed E-state index contributed by atoms with van der Waals surface area (Å²) in [4.78, 5) is 23.0. The highest BCUT2D eigenvalue weighted by molar-refractivity contribution is 6.05. The number of rotatable bonds is 2. The van der Waals surface area contributed by atoms with E-state index in [4.69, 9.17) is 0 Å². The monoisotopic (exact) mass is 392 g/mol. The van der Waals surface area contributed by atoms with E-state index in [0.29, 0.717) is 29.6 Å². The molecule has 1 amide bonds. The third-order valence-electron chi connectivity index (χ3n) is 4.98. The van der Waals surface area contributed by atoms with Crippen molar-refractivity contribution in [3.63, 3.8) is 0 Å². The zero-order valence-electron chi connectivity index (χ0n) is 14.9. The molecule has 4 heterocycles. The third kappa shape index (κ3) is 3.72. The second-order valence-electron chi connectivity index (χ2n) is 6.76. The number of aliphatic imine (C=N–C) groups is 1. The number of fused-ring (bicyclic) bond motifs is 1. The molecule has 3 aliphatic rings. The first-order valence-corrected chi connectivity index (χ1v) is 8.98. The Kier molecular flexibility index (Phi) is 4.80. The molecule has 0 aliphatic carbocycles. The molecule has 28 heavy (non-hydrogen) atoms. The first kappa shape index (κ1) is 18.5. The number of amides is 1. The fourth-order valence-corrected chi connectivity index (χ4v) is 3.42. The lowest BCUT2D eigenvalue weighted by Gasteiger charge is -2.35. The molecule has 10 heteroatoms. The molecule has 1 saturated heterocycles. The predicted molar refractivity (Wildman–Crippen MR) is 96.7 cm³/mol. The fourth-order valence-electron chi connectivity index (χ4n) is 3.42. The number of carbonyl (C=O) groups is 1. The molecule has 2 N–H and O–H groups in total. The van der Waals surface area contributed by atoms with Crippen molar-refractivity contribution in [3.8, 4) is 0 Å². The molecule has 7 nitrogen and oxygen atoms in total. The van der Waals surface area contributed by atoms with Gasteiger partial charge in [-0.1, -0.05) is 6.07 Å². The summed E-state index contributed by atoms with van der Waals surface area (Å²) in [6.07, 6.45) is 0.992. The summed E-state index contributed by atoms with van der Waals surface area (Å²) in [7, 11) is 0. The van der Waals surface area contributed by atoms with Crippen molar-refractivity contribution < 1.29 is 18.0 Å². The summed E-state index contributed by atoms with van der Waals surface area (Å²) in [5.74, 6) is -0.134. The molecular weight excluding hydrogens is 373 g/mol. The number of carbonyl (C=O) groups excluding carboxylic acids is 1. The Balaban J connectivity index is 1.49. The largest absolute Gasteiger partial charge is 0.391 e. The summed E-state index contributed by atoms with van der Waals surface area (Å²) in [5.41, 5.74) is 3.48. The van der Waals surface area contributed by atoms with Gasteiger partial charge in [0, 0.05) is 32.0 Å². The lowest BCUT2D eigenvalue weighted by molar-refractivity contribution is -0.183. The van der Waals surface area contributed by atoms with E-state index in [-0.39, 0.29) is 31.8 Å². The van der Waals surface area contributed by atoms with E-state index in [0.717, 1.165) is 0 Å². The van der Waals surface area contributed by atoms with Crippen LogP contribution in [0.2, 0.25) is 0 Å². The van der Waals surface area contributed by atoms with Crippen LogP contribution in [0.1, 0.15) is 12.8 Å². The van der Waals surface area contributed by atoms with Crippen molar-refractivity contribution in [2.24, 2.45) is 10.9 Å². The van der Waals surface area contributed by atoms with Crippen LogP contribution in [0.4, 0.5) is 19.0 Å². The Morgan fingerprint density at radius 3 is 2.71 bits per heavy atom. The zero-order valence-corrected chi connectivity index (χ0v) is 14.9. The topological polar surface area (TPSA) is 72.9 Å². The van der Waals surface area contributed by atoms with Gasteiger partial charge in [0.1, 0.15) is 11.7 Å². The number of anilines is 1. The maximum atomic E-state index is 12.9. The molecule has 0 saturated carbocycles. The van der Waals surface area contributed by atoms with Crippen LogP contribution in [-0.2, 0) is 4.79 Å². The molecule has 148 valence electrons. The molecule has 0 aromatic carbocycles. The summed E-state index contributed by atoms with van der Waals surface area (Å²) in [6.45, 7) is 0.859. The van der Waals surface area contributed by atoms with E-state index >= 15 is 0 Å². The highest BCUT2D eigenvalue weighted by atomic mass is 19.4. The molecule has 1 fully saturated rings. The maximum absolute atomic E-state index is 12.9. The molecule has 0 unspecified atom stereocenters. The number of amidine groups is 1. The van der Waals surface area contributed by atoms with Gasteiger partial charge in [-0.25, -0.2) is 15.4 Å². The van der Waals surface area contributed by atoms with Gasteiger partial charge in [-0.15, -0.1) is 0 Å². The average molecular weight is 392 g/mol. The van der Waals surface area contributed by atoms with Crippen LogP contribution in [0.25, 0.3) is 0 Å². The molecule has 1 aromatic rings. The summed E-state index contributed by atoms with van der Waals surface area (Å²) in [5, 5.41) is 4.37. The van der Waals surface area contributed by atoms with Crippen molar-refractivity contribution >= 4 is 17.6 Å². The summed E-state index contributed by atoms with van der Waals surface area (Å²) >= 11 is 0. The molecule has 3 aliphatic heterocycles. The predicted octanol–water partition coefficient (Wildman–Crippen LogP) is 2.25. The van der Waals surface area contributed by atoms with Gasteiger partial charge in [-0.3, -0.25) is 9.80 Å². The molecule has 4 rings (SSSR count). The van der Waals surface area contributed by atoms with Crippen LogP contribution in [0, 0.1) is 5.92 Å². The number of alkyl halides is 3. The third-order valence-corrected chi connectivity index (χ3v) is 4.98. The SMILES string of the molecule is O=C(Nc1ccccn1)C1=C2N=C(N3CCC(C(F)(F)F)CC3)C=CN2NC1. The fraction of sp³-hybridized carbons (Fsp3) is 0.389. The number of nitrogens with zero attached hydrogens (tertiary/aromatic N) is 4. The highest BCUT2D eigenvalue weighted by Gasteiger charge is 2.41. The number of halogens is 3. The van der Waals surface area contributed by atoms with E-state index in [1.54, 1.807) is 41.7 Å². The number of nitrogens with one attached hydrogen (secondary N) is 2.